The van der Waals surface area contributed by atoms with E-state index in [1.54, 1.807) is 11.1 Å². The second-order valence-corrected chi connectivity index (χ2v) is 13.7. The molecule has 2 heteroatoms. The van der Waals surface area contributed by atoms with Crippen molar-refractivity contribution in [2.45, 2.75) is 71.0 Å². The summed E-state index contributed by atoms with van der Waals surface area (Å²) >= 11 is 6.81. The van der Waals surface area contributed by atoms with Gasteiger partial charge in [-0.05, 0) is 43.8 Å². The van der Waals surface area contributed by atoms with Crippen molar-refractivity contribution in [3.8, 4) is 0 Å². The first kappa shape index (κ1) is 14.4. The highest BCUT2D eigenvalue weighted by Crippen LogP contribution is 2.56. The average molecular weight is 283 g/mol. The van der Waals surface area contributed by atoms with Gasteiger partial charge in [0.25, 0.3) is 0 Å². The van der Waals surface area contributed by atoms with Crippen LogP contribution >= 0.6 is 11.1 Å². The third-order valence-corrected chi connectivity index (χ3v) is 9.67. The van der Waals surface area contributed by atoms with Crippen LogP contribution in [0.1, 0.15) is 52.9 Å². The lowest BCUT2D eigenvalue weighted by atomic mass is 9.82. The minimum atomic E-state index is -1.72. The second kappa shape index (κ2) is 4.83. The van der Waals surface area contributed by atoms with Crippen molar-refractivity contribution in [3.05, 3.63) is 22.8 Å². The van der Waals surface area contributed by atoms with Gasteiger partial charge in [-0.2, -0.15) is 11.1 Å². The quantitative estimate of drug-likeness (QED) is 0.427. The molecule has 2 aliphatic carbocycles. The number of hydrogen-bond donors (Lipinski definition) is 0. The first-order chi connectivity index (χ1) is 8.27. The minimum absolute atomic E-state index is 0.158. The van der Waals surface area contributed by atoms with Crippen LogP contribution in [0.15, 0.2) is 22.8 Å². The van der Waals surface area contributed by atoms with E-state index in [2.05, 4.69) is 39.9 Å². The van der Waals surface area contributed by atoms with Gasteiger partial charge in [0.1, 0.15) is 0 Å². The van der Waals surface area contributed by atoms with Gasteiger partial charge in [-0.3, -0.25) is 0 Å². The Hall–Kier alpha value is -0.0131. The monoisotopic (exact) mass is 282 g/mol. The Morgan fingerprint density at radius 3 is 2.17 bits per heavy atom. The van der Waals surface area contributed by atoms with Crippen molar-refractivity contribution < 1.29 is 0 Å². The third-order valence-electron chi connectivity index (χ3n) is 5.50. The van der Waals surface area contributed by atoms with Crippen molar-refractivity contribution in [1.82, 2.24) is 0 Å². The highest BCUT2D eigenvalue weighted by Gasteiger charge is 2.46. The molecular weight excluding hydrogens is 256 g/mol. The van der Waals surface area contributed by atoms with Crippen molar-refractivity contribution in [2.75, 3.05) is 0 Å². The Morgan fingerprint density at radius 1 is 1.17 bits per heavy atom. The van der Waals surface area contributed by atoms with E-state index in [1.165, 1.54) is 37.7 Å². The molecule has 0 radical (unpaired) electrons. The van der Waals surface area contributed by atoms with Gasteiger partial charge >= 0.3 is 0 Å². The Labute approximate surface area is 118 Å². The van der Waals surface area contributed by atoms with E-state index in [4.69, 9.17) is 11.1 Å². The highest BCUT2D eigenvalue weighted by atomic mass is 35.6. The molecule has 2 rings (SSSR count). The Morgan fingerprint density at radius 2 is 1.72 bits per heavy atom. The van der Waals surface area contributed by atoms with Gasteiger partial charge in [0.15, 0.2) is 7.38 Å². The van der Waals surface area contributed by atoms with E-state index in [1.807, 2.05) is 0 Å². The predicted molar refractivity (Wildman–Crippen MR) is 84.7 cm³/mol. The van der Waals surface area contributed by atoms with E-state index < -0.39 is 7.38 Å². The average Bonchev–Trinajstić information content (AvgIpc) is 2.55. The maximum atomic E-state index is 6.81. The molecule has 0 N–H and O–H groups in total. The molecule has 0 aliphatic heterocycles. The van der Waals surface area contributed by atoms with Crippen LogP contribution in [0.25, 0.3) is 0 Å². The predicted octanol–water partition coefficient (Wildman–Crippen LogP) is 6.05. The second-order valence-electron chi connectivity index (χ2n) is 6.86. The van der Waals surface area contributed by atoms with E-state index >= 15 is 0 Å². The van der Waals surface area contributed by atoms with Crippen LogP contribution in [0, 0.1) is 5.92 Å². The van der Waals surface area contributed by atoms with Gasteiger partial charge in [0.2, 0.25) is 0 Å². The zero-order chi connectivity index (χ0) is 13.6. The molecule has 0 spiro atoms. The van der Waals surface area contributed by atoms with Gasteiger partial charge < -0.3 is 0 Å². The lowest BCUT2D eigenvalue weighted by Gasteiger charge is -2.35. The fourth-order valence-electron chi connectivity index (χ4n) is 3.59. The largest absolute Gasteiger partial charge is 0.166 e. The fraction of sp³-hybridized carbons (Fsp3) is 0.750. The molecule has 0 nitrogen and oxygen atoms in total. The summed E-state index contributed by atoms with van der Waals surface area (Å²) in [6.45, 7) is 11.6. The van der Waals surface area contributed by atoms with Crippen LogP contribution in [0.5, 0.6) is 0 Å². The van der Waals surface area contributed by atoms with Crippen LogP contribution in [0.3, 0.4) is 0 Å². The molecule has 102 valence electrons. The van der Waals surface area contributed by atoms with Crippen LogP contribution in [0.2, 0.25) is 18.1 Å². The van der Waals surface area contributed by atoms with Crippen LogP contribution in [-0.4, -0.2) is 7.38 Å². The Balaban J connectivity index is 2.35. The third kappa shape index (κ3) is 2.25. The molecular formula is C16H27ClSi. The molecule has 0 heterocycles. The summed E-state index contributed by atoms with van der Waals surface area (Å²) in [6.07, 6.45) is 9.57. The van der Waals surface area contributed by atoms with Crippen molar-refractivity contribution >= 4 is 18.5 Å². The molecule has 0 bridgehead atoms. The molecule has 1 fully saturated rings. The molecule has 1 saturated carbocycles. The summed E-state index contributed by atoms with van der Waals surface area (Å²) in [5.41, 5.74) is 4.72. The summed E-state index contributed by atoms with van der Waals surface area (Å²) in [5.74, 6) is 0.809. The molecule has 0 unspecified atom stereocenters. The Bertz CT molecular complexity index is 394. The maximum absolute atomic E-state index is 6.81. The lowest BCUT2D eigenvalue weighted by molar-refractivity contribution is 0.406. The summed E-state index contributed by atoms with van der Waals surface area (Å²) < 4.78 is 0. The smallest absolute Gasteiger partial charge is 0.164 e. The van der Waals surface area contributed by atoms with Gasteiger partial charge in [-0.1, -0.05) is 50.9 Å². The van der Waals surface area contributed by atoms with Crippen molar-refractivity contribution in [3.63, 3.8) is 0 Å². The number of halogens is 1. The molecule has 0 amide bonds. The zero-order valence-corrected chi connectivity index (χ0v) is 14.3. The number of hydrogen-bond acceptors (Lipinski definition) is 0. The lowest BCUT2D eigenvalue weighted by Crippen LogP contribution is -2.33. The summed E-state index contributed by atoms with van der Waals surface area (Å²) in [4.78, 5) is 0. The van der Waals surface area contributed by atoms with E-state index in [0.29, 0.717) is 0 Å². The first-order valence-electron chi connectivity index (χ1n) is 7.37. The molecule has 0 aromatic rings. The van der Waals surface area contributed by atoms with E-state index in [-0.39, 0.29) is 5.04 Å². The summed E-state index contributed by atoms with van der Waals surface area (Å²) in [7, 11) is -1.72. The highest BCUT2D eigenvalue weighted by molar-refractivity contribution is 7.21. The van der Waals surface area contributed by atoms with Crippen molar-refractivity contribution in [2.24, 2.45) is 5.92 Å². The van der Waals surface area contributed by atoms with Gasteiger partial charge in [0, 0.05) is 5.04 Å². The molecule has 2 aliphatic rings. The zero-order valence-electron chi connectivity index (χ0n) is 12.6. The van der Waals surface area contributed by atoms with Crippen LogP contribution in [0.4, 0.5) is 0 Å². The topological polar surface area (TPSA) is 0 Å². The summed E-state index contributed by atoms with van der Waals surface area (Å²) in [6, 6.07) is 0. The van der Waals surface area contributed by atoms with Gasteiger partial charge in [-0.25, -0.2) is 0 Å². The number of rotatable bonds is 2. The molecule has 0 saturated heterocycles. The van der Waals surface area contributed by atoms with E-state index in [9.17, 15) is 0 Å². The first-order valence-corrected chi connectivity index (χ1v) is 11.4. The standard InChI is InChI=1S/C16H27ClSi/c1-12-13(2)16(3,18(4,5)17)11-15(12)14-9-7-6-8-10-14/h11,14H,6-10H2,1-5H3/t16-/m0/s1. The molecule has 0 aromatic heterocycles. The van der Waals surface area contributed by atoms with E-state index in [0.717, 1.165) is 5.92 Å². The number of allylic oxidation sites excluding steroid dienone is 4. The normalized spacial score (nSPS) is 30.9. The SMILES string of the molecule is CC1=C(C)[C@@](C)([Si](C)(C)Cl)C=C1C1CCCCC1. The van der Waals surface area contributed by atoms with Crippen LogP contribution in [-0.2, 0) is 0 Å². The summed E-state index contributed by atoms with van der Waals surface area (Å²) in [5, 5.41) is 0.158. The van der Waals surface area contributed by atoms with Gasteiger partial charge in [-0.15, -0.1) is 0 Å². The Kier molecular flexibility index (Phi) is 3.86. The van der Waals surface area contributed by atoms with Crippen molar-refractivity contribution in [1.29, 1.82) is 0 Å². The minimum Gasteiger partial charge on any atom is -0.166 e. The molecule has 18 heavy (non-hydrogen) atoms. The fourth-order valence-corrected chi connectivity index (χ4v) is 5.76. The maximum Gasteiger partial charge on any atom is 0.164 e. The van der Waals surface area contributed by atoms with Gasteiger partial charge in [0.05, 0.1) is 0 Å². The van der Waals surface area contributed by atoms with Crippen LogP contribution < -0.4 is 0 Å². The molecule has 0 aromatic carbocycles. The molecule has 1 atom stereocenters.